The first-order chi connectivity index (χ1) is 14.2. The third kappa shape index (κ3) is 3.43. The molecular formula is C21H15N3O2S3. The van der Waals surface area contributed by atoms with Crippen molar-refractivity contribution in [3.05, 3.63) is 75.5 Å². The van der Waals surface area contributed by atoms with Gasteiger partial charge in [0.15, 0.2) is 5.16 Å². The smallest absolute Gasteiger partial charge is 0.263 e. The van der Waals surface area contributed by atoms with Crippen molar-refractivity contribution >= 4 is 44.7 Å². The zero-order valence-electron chi connectivity index (χ0n) is 15.4. The lowest BCUT2D eigenvalue weighted by Gasteiger charge is -2.06. The molecule has 0 bridgehead atoms. The first kappa shape index (κ1) is 18.4. The molecule has 0 N–H and O–H groups in total. The van der Waals surface area contributed by atoms with E-state index in [0.717, 1.165) is 26.5 Å². The largest absolute Gasteiger partial charge is 0.444 e. The fraction of sp³-hybridized carbons (Fsp3) is 0.0952. The topological polar surface area (TPSA) is 60.9 Å². The molecule has 0 saturated heterocycles. The lowest BCUT2D eigenvalue weighted by atomic mass is 10.2. The number of oxazole rings is 1. The Labute approximate surface area is 178 Å². The summed E-state index contributed by atoms with van der Waals surface area (Å²) in [6, 6.07) is 13.8. The van der Waals surface area contributed by atoms with E-state index in [2.05, 4.69) is 4.98 Å². The molecule has 0 aliphatic heterocycles. The molecule has 0 spiro atoms. The number of hydrogen-bond donors (Lipinski definition) is 0. The van der Waals surface area contributed by atoms with E-state index in [-0.39, 0.29) is 5.56 Å². The van der Waals surface area contributed by atoms with Crippen LogP contribution in [-0.4, -0.2) is 14.5 Å². The zero-order valence-corrected chi connectivity index (χ0v) is 17.8. The average Bonchev–Trinajstić information content (AvgIpc) is 3.50. The molecular weight excluding hydrogens is 422 g/mol. The number of thiophene rings is 2. The van der Waals surface area contributed by atoms with Crippen molar-refractivity contribution in [1.82, 2.24) is 14.5 Å². The van der Waals surface area contributed by atoms with Gasteiger partial charge in [0.1, 0.15) is 11.1 Å². The maximum absolute atomic E-state index is 13.0. The van der Waals surface area contributed by atoms with Crippen molar-refractivity contribution in [3.8, 4) is 21.9 Å². The molecule has 0 atom stereocenters. The van der Waals surface area contributed by atoms with Crippen molar-refractivity contribution in [2.75, 3.05) is 0 Å². The van der Waals surface area contributed by atoms with E-state index in [4.69, 9.17) is 9.40 Å². The maximum atomic E-state index is 13.0. The van der Waals surface area contributed by atoms with E-state index in [0.29, 0.717) is 22.2 Å². The Kier molecular flexibility index (Phi) is 4.83. The van der Waals surface area contributed by atoms with Crippen LogP contribution in [0.25, 0.3) is 32.1 Å². The predicted octanol–water partition coefficient (Wildman–Crippen LogP) is 5.67. The number of hydrogen-bond acceptors (Lipinski definition) is 7. The summed E-state index contributed by atoms with van der Waals surface area (Å²) in [7, 11) is 1.77. The number of rotatable bonds is 5. The minimum atomic E-state index is -0.0210. The van der Waals surface area contributed by atoms with Gasteiger partial charge in [-0.25, -0.2) is 9.97 Å². The number of nitrogens with zero attached hydrogens (tertiary/aromatic N) is 3. The van der Waals surface area contributed by atoms with Gasteiger partial charge in [-0.2, -0.15) is 0 Å². The van der Waals surface area contributed by atoms with Crippen LogP contribution < -0.4 is 5.56 Å². The number of benzene rings is 1. The molecule has 8 heteroatoms. The fourth-order valence-electron chi connectivity index (χ4n) is 3.02. The molecule has 4 heterocycles. The molecule has 0 fully saturated rings. The van der Waals surface area contributed by atoms with Crippen LogP contribution in [-0.2, 0) is 12.8 Å². The van der Waals surface area contributed by atoms with Gasteiger partial charge in [-0.3, -0.25) is 9.36 Å². The Bertz CT molecular complexity index is 1340. The normalized spacial score (nSPS) is 11.3. The van der Waals surface area contributed by atoms with Crippen LogP contribution in [0.3, 0.4) is 0 Å². The molecule has 5 aromatic rings. The SMILES string of the molecule is Cn1c(SCc2coc(-c3ccccc3)n2)nc2scc(-c3cccs3)c2c1=O. The van der Waals surface area contributed by atoms with Crippen molar-refractivity contribution < 1.29 is 4.42 Å². The first-order valence-corrected chi connectivity index (χ1v) is 11.6. The van der Waals surface area contributed by atoms with Gasteiger partial charge in [0.2, 0.25) is 5.89 Å². The number of aromatic nitrogens is 3. The van der Waals surface area contributed by atoms with Gasteiger partial charge in [0.05, 0.1) is 11.1 Å². The molecule has 144 valence electrons. The molecule has 0 unspecified atom stereocenters. The third-order valence-corrected chi connectivity index (χ3v) is 7.32. The first-order valence-electron chi connectivity index (χ1n) is 8.85. The monoisotopic (exact) mass is 437 g/mol. The van der Waals surface area contributed by atoms with Crippen LogP contribution in [0.15, 0.2) is 73.9 Å². The zero-order chi connectivity index (χ0) is 19.8. The van der Waals surface area contributed by atoms with E-state index in [9.17, 15) is 4.79 Å². The second-order valence-electron chi connectivity index (χ2n) is 6.36. The summed E-state index contributed by atoms with van der Waals surface area (Å²) < 4.78 is 7.22. The van der Waals surface area contributed by atoms with Gasteiger partial charge < -0.3 is 4.42 Å². The fourth-order valence-corrected chi connectivity index (χ4v) is 5.67. The molecule has 0 aliphatic carbocycles. The molecule has 0 amide bonds. The highest BCUT2D eigenvalue weighted by Gasteiger charge is 2.17. The Balaban J connectivity index is 1.42. The summed E-state index contributed by atoms with van der Waals surface area (Å²) in [5.74, 6) is 1.17. The van der Waals surface area contributed by atoms with Crippen molar-refractivity contribution in [2.24, 2.45) is 7.05 Å². The van der Waals surface area contributed by atoms with Crippen LogP contribution in [0.4, 0.5) is 0 Å². The van der Waals surface area contributed by atoms with Crippen LogP contribution in [0.2, 0.25) is 0 Å². The second kappa shape index (κ2) is 7.62. The maximum Gasteiger partial charge on any atom is 0.263 e. The van der Waals surface area contributed by atoms with Crippen LogP contribution >= 0.6 is 34.4 Å². The summed E-state index contributed by atoms with van der Waals surface area (Å²) in [6.07, 6.45) is 1.66. The van der Waals surface area contributed by atoms with E-state index < -0.39 is 0 Å². The highest BCUT2D eigenvalue weighted by molar-refractivity contribution is 7.98. The lowest BCUT2D eigenvalue weighted by Crippen LogP contribution is -2.19. The van der Waals surface area contributed by atoms with Crippen molar-refractivity contribution in [3.63, 3.8) is 0 Å². The van der Waals surface area contributed by atoms with Crippen LogP contribution in [0.1, 0.15) is 5.69 Å². The summed E-state index contributed by atoms with van der Waals surface area (Å²) in [5.41, 5.74) is 2.70. The number of thioether (sulfide) groups is 1. The summed E-state index contributed by atoms with van der Waals surface area (Å²) in [6.45, 7) is 0. The molecule has 5 rings (SSSR count). The van der Waals surface area contributed by atoms with Gasteiger partial charge in [0.25, 0.3) is 5.56 Å². The van der Waals surface area contributed by atoms with Crippen LogP contribution in [0, 0.1) is 0 Å². The predicted molar refractivity (Wildman–Crippen MR) is 120 cm³/mol. The van der Waals surface area contributed by atoms with Crippen molar-refractivity contribution in [2.45, 2.75) is 10.9 Å². The summed E-state index contributed by atoms with van der Waals surface area (Å²) >= 11 is 4.62. The Morgan fingerprint density at radius 3 is 2.76 bits per heavy atom. The van der Waals surface area contributed by atoms with Crippen LogP contribution in [0.5, 0.6) is 0 Å². The van der Waals surface area contributed by atoms with E-state index in [1.165, 1.54) is 23.1 Å². The molecule has 5 nitrogen and oxygen atoms in total. The molecule has 0 radical (unpaired) electrons. The molecule has 4 aromatic heterocycles. The van der Waals surface area contributed by atoms with Gasteiger partial charge in [-0.1, -0.05) is 36.0 Å². The van der Waals surface area contributed by atoms with E-state index in [1.807, 2.05) is 53.2 Å². The van der Waals surface area contributed by atoms with Gasteiger partial charge in [0, 0.05) is 34.2 Å². The van der Waals surface area contributed by atoms with Gasteiger partial charge in [-0.05, 0) is 23.6 Å². The quantitative estimate of drug-likeness (QED) is 0.262. The Morgan fingerprint density at radius 1 is 1.10 bits per heavy atom. The van der Waals surface area contributed by atoms with Gasteiger partial charge >= 0.3 is 0 Å². The van der Waals surface area contributed by atoms with E-state index >= 15 is 0 Å². The molecule has 29 heavy (non-hydrogen) atoms. The Morgan fingerprint density at radius 2 is 1.97 bits per heavy atom. The lowest BCUT2D eigenvalue weighted by molar-refractivity contribution is 0.573. The highest BCUT2D eigenvalue weighted by atomic mass is 32.2. The Hall–Kier alpha value is -2.68. The van der Waals surface area contributed by atoms with Gasteiger partial charge in [-0.15, -0.1) is 22.7 Å². The van der Waals surface area contributed by atoms with Crippen molar-refractivity contribution in [1.29, 1.82) is 0 Å². The minimum Gasteiger partial charge on any atom is -0.444 e. The molecule has 0 saturated carbocycles. The summed E-state index contributed by atoms with van der Waals surface area (Å²) in [5, 5.41) is 5.40. The second-order valence-corrected chi connectivity index (χ2v) is 9.11. The third-order valence-electron chi connectivity index (χ3n) is 4.48. The average molecular weight is 438 g/mol. The molecule has 1 aromatic carbocycles. The summed E-state index contributed by atoms with van der Waals surface area (Å²) in [4.78, 5) is 24.2. The highest BCUT2D eigenvalue weighted by Crippen LogP contribution is 2.34. The minimum absolute atomic E-state index is 0.0210. The number of fused-ring (bicyclic) bond motifs is 1. The molecule has 0 aliphatic rings. The van der Waals surface area contributed by atoms with E-state index in [1.54, 1.807) is 29.2 Å². The standard InChI is InChI=1S/C21H15N3O2S3/c1-24-20(25)17-15(16-8-5-9-27-16)12-28-19(17)23-21(24)29-11-14-10-26-18(22-14)13-6-3-2-4-7-13/h2-10,12H,11H2,1H3.